The Kier molecular flexibility index (Phi) is 6.21. The SMILES string of the molecule is COc1ccc(-c2cc(N3CCN(C(=O)/C=C\c4ccc(F)cc4)CC3)ncn2)cc1. The normalized spacial score (nSPS) is 14.1. The molecule has 1 saturated heterocycles. The molecule has 7 heteroatoms. The second-order valence-corrected chi connectivity index (χ2v) is 7.19. The monoisotopic (exact) mass is 418 g/mol. The van der Waals surface area contributed by atoms with Crippen LogP contribution in [0.1, 0.15) is 5.56 Å². The fraction of sp³-hybridized carbons (Fsp3) is 0.208. The first kappa shape index (κ1) is 20.5. The molecule has 158 valence electrons. The molecule has 1 fully saturated rings. The molecule has 0 unspecified atom stereocenters. The van der Waals surface area contributed by atoms with Crippen molar-refractivity contribution in [3.63, 3.8) is 0 Å². The molecular weight excluding hydrogens is 395 g/mol. The maximum Gasteiger partial charge on any atom is 0.246 e. The minimum atomic E-state index is -0.292. The lowest BCUT2D eigenvalue weighted by Gasteiger charge is -2.35. The minimum absolute atomic E-state index is 0.0504. The van der Waals surface area contributed by atoms with E-state index in [2.05, 4.69) is 14.9 Å². The lowest BCUT2D eigenvalue weighted by Crippen LogP contribution is -2.48. The van der Waals surface area contributed by atoms with E-state index in [1.54, 1.807) is 31.6 Å². The molecule has 0 aliphatic carbocycles. The summed E-state index contributed by atoms with van der Waals surface area (Å²) in [6.45, 7) is 2.59. The number of anilines is 1. The molecule has 0 bridgehead atoms. The number of carbonyl (C=O) groups is 1. The second kappa shape index (κ2) is 9.38. The number of nitrogens with zero attached hydrogens (tertiary/aromatic N) is 4. The highest BCUT2D eigenvalue weighted by Crippen LogP contribution is 2.23. The first-order valence-electron chi connectivity index (χ1n) is 10.1. The predicted molar refractivity (Wildman–Crippen MR) is 118 cm³/mol. The highest BCUT2D eigenvalue weighted by molar-refractivity contribution is 5.92. The van der Waals surface area contributed by atoms with E-state index in [4.69, 9.17) is 4.74 Å². The largest absolute Gasteiger partial charge is 0.497 e. The molecule has 2 heterocycles. The average molecular weight is 418 g/mol. The van der Waals surface area contributed by atoms with Crippen LogP contribution in [0.4, 0.5) is 10.2 Å². The summed E-state index contributed by atoms with van der Waals surface area (Å²) < 4.78 is 18.2. The standard InChI is InChI=1S/C24H23FN4O2/c1-31-21-9-5-19(6-10-21)22-16-23(27-17-26-22)28-12-14-29(15-13-28)24(30)11-4-18-2-7-20(25)8-3-18/h2-11,16-17H,12-15H2,1H3/b11-4-. The number of hydrogen-bond donors (Lipinski definition) is 0. The van der Waals surface area contributed by atoms with Gasteiger partial charge in [-0.1, -0.05) is 12.1 Å². The third-order valence-corrected chi connectivity index (χ3v) is 5.24. The molecule has 0 saturated carbocycles. The second-order valence-electron chi connectivity index (χ2n) is 7.19. The smallest absolute Gasteiger partial charge is 0.246 e. The summed E-state index contributed by atoms with van der Waals surface area (Å²) >= 11 is 0. The summed E-state index contributed by atoms with van der Waals surface area (Å²) in [5, 5.41) is 0. The van der Waals surface area contributed by atoms with Crippen molar-refractivity contribution in [3.8, 4) is 17.0 Å². The molecule has 1 aliphatic rings. The summed E-state index contributed by atoms with van der Waals surface area (Å²) in [6, 6.07) is 15.8. The fourth-order valence-electron chi connectivity index (χ4n) is 3.44. The first-order chi connectivity index (χ1) is 15.1. The molecule has 0 radical (unpaired) electrons. The molecule has 2 aromatic carbocycles. The Balaban J connectivity index is 1.37. The van der Waals surface area contributed by atoms with Crippen molar-refractivity contribution in [1.29, 1.82) is 0 Å². The molecule has 0 atom stereocenters. The summed E-state index contributed by atoms with van der Waals surface area (Å²) in [4.78, 5) is 25.2. The van der Waals surface area contributed by atoms with Gasteiger partial charge in [0.25, 0.3) is 0 Å². The molecule has 4 rings (SSSR count). The Morgan fingerprint density at radius 2 is 1.71 bits per heavy atom. The Hall–Kier alpha value is -3.74. The van der Waals surface area contributed by atoms with Crippen LogP contribution in [0, 0.1) is 5.82 Å². The van der Waals surface area contributed by atoms with Crippen molar-refractivity contribution in [2.75, 3.05) is 38.2 Å². The molecule has 3 aromatic rings. The van der Waals surface area contributed by atoms with E-state index in [1.807, 2.05) is 35.2 Å². The van der Waals surface area contributed by atoms with Crippen molar-refractivity contribution >= 4 is 17.8 Å². The van der Waals surface area contributed by atoms with Gasteiger partial charge in [-0.3, -0.25) is 4.79 Å². The van der Waals surface area contributed by atoms with Gasteiger partial charge in [0.15, 0.2) is 0 Å². The van der Waals surface area contributed by atoms with E-state index in [0.29, 0.717) is 26.2 Å². The van der Waals surface area contributed by atoms with Gasteiger partial charge in [0.1, 0.15) is 23.7 Å². The fourth-order valence-corrected chi connectivity index (χ4v) is 3.44. The number of piperazine rings is 1. The summed E-state index contributed by atoms with van der Waals surface area (Å²) in [5.41, 5.74) is 2.62. The van der Waals surface area contributed by atoms with E-state index in [1.165, 1.54) is 18.2 Å². The van der Waals surface area contributed by atoms with Crippen LogP contribution in [0.25, 0.3) is 17.3 Å². The Labute approximate surface area is 180 Å². The number of ether oxygens (including phenoxy) is 1. The van der Waals surface area contributed by atoms with E-state index in [-0.39, 0.29) is 11.7 Å². The Bertz CT molecular complexity index is 1060. The molecule has 6 nitrogen and oxygen atoms in total. The van der Waals surface area contributed by atoms with Gasteiger partial charge >= 0.3 is 0 Å². The maximum atomic E-state index is 13.0. The number of methoxy groups -OCH3 is 1. The third-order valence-electron chi connectivity index (χ3n) is 5.24. The van der Waals surface area contributed by atoms with Gasteiger partial charge in [-0.25, -0.2) is 14.4 Å². The van der Waals surface area contributed by atoms with Crippen LogP contribution >= 0.6 is 0 Å². The van der Waals surface area contributed by atoms with Gasteiger partial charge < -0.3 is 14.5 Å². The number of halogens is 1. The molecular formula is C24H23FN4O2. The van der Waals surface area contributed by atoms with Crippen LogP contribution in [0.3, 0.4) is 0 Å². The average Bonchev–Trinajstić information content (AvgIpc) is 2.84. The van der Waals surface area contributed by atoms with Crippen LogP contribution in [0.5, 0.6) is 5.75 Å². The Morgan fingerprint density at radius 3 is 2.39 bits per heavy atom. The minimum Gasteiger partial charge on any atom is -0.497 e. The number of aromatic nitrogens is 2. The van der Waals surface area contributed by atoms with Crippen molar-refractivity contribution in [2.24, 2.45) is 0 Å². The number of carbonyl (C=O) groups excluding carboxylic acids is 1. The zero-order valence-corrected chi connectivity index (χ0v) is 17.2. The molecule has 1 aromatic heterocycles. The molecule has 31 heavy (non-hydrogen) atoms. The third kappa shape index (κ3) is 5.06. The van der Waals surface area contributed by atoms with Gasteiger partial charge in [0.2, 0.25) is 5.91 Å². The van der Waals surface area contributed by atoms with E-state index < -0.39 is 0 Å². The number of rotatable bonds is 5. The highest BCUT2D eigenvalue weighted by atomic mass is 19.1. The molecule has 1 aliphatic heterocycles. The van der Waals surface area contributed by atoms with Crippen molar-refractivity contribution in [3.05, 3.63) is 78.4 Å². The van der Waals surface area contributed by atoms with Gasteiger partial charge in [-0.2, -0.15) is 0 Å². The van der Waals surface area contributed by atoms with E-state index >= 15 is 0 Å². The van der Waals surface area contributed by atoms with E-state index in [9.17, 15) is 9.18 Å². The Morgan fingerprint density at radius 1 is 1.00 bits per heavy atom. The number of amides is 1. The first-order valence-corrected chi connectivity index (χ1v) is 10.1. The van der Waals surface area contributed by atoms with Gasteiger partial charge in [0, 0.05) is 43.9 Å². The van der Waals surface area contributed by atoms with Crippen LogP contribution in [-0.2, 0) is 4.79 Å². The van der Waals surface area contributed by atoms with Crippen molar-refractivity contribution in [1.82, 2.24) is 14.9 Å². The van der Waals surface area contributed by atoms with Crippen LogP contribution < -0.4 is 9.64 Å². The number of hydrogen-bond acceptors (Lipinski definition) is 5. The summed E-state index contributed by atoms with van der Waals surface area (Å²) in [7, 11) is 1.64. The highest BCUT2D eigenvalue weighted by Gasteiger charge is 2.21. The molecule has 0 spiro atoms. The van der Waals surface area contributed by atoms with Crippen molar-refractivity contribution in [2.45, 2.75) is 0 Å². The van der Waals surface area contributed by atoms with E-state index in [0.717, 1.165) is 28.4 Å². The molecule has 1 amide bonds. The lowest BCUT2D eigenvalue weighted by molar-refractivity contribution is -0.126. The lowest BCUT2D eigenvalue weighted by atomic mass is 10.1. The van der Waals surface area contributed by atoms with Crippen LogP contribution in [0.2, 0.25) is 0 Å². The van der Waals surface area contributed by atoms with Crippen LogP contribution in [-0.4, -0.2) is 54.1 Å². The topological polar surface area (TPSA) is 58.6 Å². The predicted octanol–water partition coefficient (Wildman–Crippen LogP) is 3.65. The number of benzene rings is 2. The van der Waals surface area contributed by atoms with Crippen molar-refractivity contribution < 1.29 is 13.9 Å². The van der Waals surface area contributed by atoms with Gasteiger partial charge in [-0.05, 0) is 48.0 Å². The zero-order valence-electron chi connectivity index (χ0n) is 17.2. The quantitative estimate of drug-likeness (QED) is 0.592. The van der Waals surface area contributed by atoms with Gasteiger partial charge in [-0.15, -0.1) is 0 Å². The maximum absolute atomic E-state index is 13.0. The van der Waals surface area contributed by atoms with Crippen LogP contribution in [0.15, 0.2) is 67.0 Å². The summed E-state index contributed by atoms with van der Waals surface area (Å²) in [5.74, 6) is 1.30. The molecule has 0 N–H and O–H groups in total. The summed E-state index contributed by atoms with van der Waals surface area (Å²) in [6.07, 6.45) is 4.81. The van der Waals surface area contributed by atoms with Gasteiger partial charge in [0.05, 0.1) is 12.8 Å². The zero-order chi connectivity index (χ0) is 21.6.